The normalized spacial score (nSPS) is 16.8. The van der Waals surface area contributed by atoms with E-state index in [-0.39, 0.29) is 12.0 Å². The number of hydrogen-bond acceptors (Lipinski definition) is 6. The summed E-state index contributed by atoms with van der Waals surface area (Å²) >= 11 is 0. The predicted molar refractivity (Wildman–Crippen MR) is 108 cm³/mol. The lowest BCUT2D eigenvalue weighted by Crippen LogP contribution is -2.38. The average Bonchev–Trinajstić information content (AvgIpc) is 2.62. The summed E-state index contributed by atoms with van der Waals surface area (Å²) in [6.07, 6.45) is 8.28. The van der Waals surface area contributed by atoms with Gasteiger partial charge in [-0.15, -0.1) is 0 Å². The Morgan fingerprint density at radius 1 is 1.46 bits per heavy atom. The molecule has 6 nitrogen and oxygen atoms in total. The van der Waals surface area contributed by atoms with Gasteiger partial charge in [-0.2, -0.15) is 0 Å². The van der Waals surface area contributed by atoms with Crippen LogP contribution >= 0.6 is 0 Å². The predicted octanol–water partition coefficient (Wildman–Crippen LogP) is 2.50. The molecule has 0 radical (unpaired) electrons. The SMILES string of the molecule is CC/C=C(/N)NC(C)C(C)/C(=N\C)c1cnc2c(c1)C=CC(=C=O)N2C. The molecule has 0 aliphatic carbocycles. The Labute approximate surface area is 155 Å². The molecule has 0 saturated heterocycles. The third-order valence-electron chi connectivity index (χ3n) is 4.64. The van der Waals surface area contributed by atoms with E-state index in [1.807, 2.05) is 31.2 Å². The van der Waals surface area contributed by atoms with E-state index in [9.17, 15) is 4.79 Å². The number of nitrogens with one attached hydrogen (secondary N) is 1. The van der Waals surface area contributed by atoms with E-state index >= 15 is 0 Å². The molecule has 2 rings (SSSR count). The van der Waals surface area contributed by atoms with Crippen molar-refractivity contribution in [2.24, 2.45) is 16.6 Å². The van der Waals surface area contributed by atoms with E-state index in [4.69, 9.17) is 5.73 Å². The molecule has 138 valence electrons. The van der Waals surface area contributed by atoms with Gasteiger partial charge in [0.05, 0.1) is 5.82 Å². The molecule has 6 heteroatoms. The van der Waals surface area contributed by atoms with E-state index in [2.05, 4.69) is 36.1 Å². The first kappa shape index (κ1) is 19.5. The van der Waals surface area contributed by atoms with Gasteiger partial charge in [0.15, 0.2) is 5.94 Å². The number of hydrogen-bond donors (Lipinski definition) is 2. The number of pyridine rings is 1. The maximum atomic E-state index is 11.0. The van der Waals surface area contributed by atoms with Gasteiger partial charge in [0, 0.05) is 49.1 Å². The largest absolute Gasteiger partial charge is 0.386 e. The molecule has 2 heterocycles. The number of aromatic nitrogens is 1. The number of rotatable bonds is 6. The summed E-state index contributed by atoms with van der Waals surface area (Å²) in [6, 6.07) is 2.17. The van der Waals surface area contributed by atoms with Crippen LogP contribution < -0.4 is 16.0 Å². The van der Waals surface area contributed by atoms with Gasteiger partial charge in [0.25, 0.3) is 0 Å². The van der Waals surface area contributed by atoms with E-state index < -0.39 is 0 Å². The fourth-order valence-electron chi connectivity index (χ4n) is 3.01. The van der Waals surface area contributed by atoms with Gasteiger partial charge < -0.3 is 16.0 Å². The van der Waals surface area contributed by atoms with Crippen molar-refractivity contribution in [2.45, 2.75) is 33.2 Å². The summed E-state index contributed by atoms with van der Waals surface area (Å²) in [5, 5.41) is 3.32. The minimum atomic E-state index is 0.121. The fraction of sp³-hybridized carbons (Fsp3) is 0.400. The Morgan fingerprint density at radius 3 is 2.81 bits per heavy atom. The molecule has 0 fully saturated rings. The smallest absolute Gasteiger partial charge is 0.150 e. The standard InChI is InChI=1S/C20H27N5O/c1-6-7-18(21)24-14(3)13(2)19(22-4)16-10-15-8-9-17(12-26)25(5)20(15)23-11-16/h7-11,13-14,24H,6,21H2,1-5H3/b18-7-,22-19+. The monoisotopic (exact) mass is 353 g/mol. The van der Waals surface area contributed by atoms with Crippen molar-refractivity contribution in [3.63, 3.8) is 0 Å². The highest BCUT2D eigenvalue weighted by molar-refractivity contribution is 6.03. The number of anilines is 1. The van der Waals surface area contributed by atoms with Crippen LogP contribution in [-0.2, 0) is 4.79 Å². The number of fused-ring (bicyclic) bond motifs is 1. The van der Waals surface area contributed by atoms with Crippen LogP contribution in [0.2, 0.25) is 0 Å². The van der Waals surface area contributed by atoms with Gasteiger partial charge >= 0.3 is 0 Å². The highest BCUT2D eigenvalue weighted by Crippen LogP contribution is 2.28. The van der Waals surface area contributed by atoms with Crippen LogP contribution in [0.1, 0.15) is 38.3 Å². The Hall–Kier alpha value is -2.85. The maximum absolute atomic E-state index is 11.0. The Morgan fingerprint density at radius 2 is 2.19 bits per heavy atom. The highest BCUT2D eigenvalue weighted by atomic mass is 16.1. The molecule has 1 aliphatic rings. The number of allylic oxidation sites excluding steroid dienone is 2. The Balaban J connectivity index is 2.29. The van der Waals surface area contributed by atoms with E-state index in [0.717, 1.165) is 29.1 Å². The molecule has 3 N–H and O–H groups in total. The lowest BCUT2D eigenvalue weighted by atomic mass is 9.92. The van der Waals surface area contributed by atoms with Crippen molar-refractivity contribution in [3.8, 4) is 0 Å². The van der Waals surface area contributed by atoms with Crippen LogP contribution in [0.5, 0.6) is 0 Å². The summed E-state index contributed by atoms with van der Waals surface area (Å²) in [7, 11) is 3.60. The van der Waals surface area contributed by atoms with Gasteiger partial charge in [-0.05, 0) is 37.6 Å². The molecule has 1 aliphatic heterocycles. The molecule has 1 aromatic rings. The second-order valence-electron chi connectivity index (χ2n) is 6.41. The van der Waals surface area contributed by atoms with Crippen molar-refractivity contribution in [1.29, 1.82) is 0 Å². The van der Waals surface area contributed by atoms with Crippen LogP contribution in [-0.4, -0.2) is 36.8 Å². The minimum absolute atomic E-state index is 0.121. The Bertz CT molecular complexity index is 802. The summed E-state index contributed by atoms with van der Waals surface area (Å²) in [6.45, 7) is 6.26. The number of carbonyl (C=O) groups excluding carboxylic acids is 1. The van der Waals surface area contributed by atoms with Gasteiger partial charge in [0.2, 0.25) is 0 Å². The minimum Gasteiger partial charge on any atom is -0.386 e. The first-order valence-corrected chi connectivity index (χ1v) is 8.79. The van der Waals surface area contributed by atoms with Gasteiger partial charge in [-0.1, -0.05) is 13.8 Å². The quantitative estimate of drug-likeness (QED) is 0.606. The van der Waals surface area contributed by atoms with Crippen LogP contribution in [0.25, 0.3) is 6.08 Å². The zero-order valence-electron chi connectivity index (χ0n) is 16.1. The van der Waals surface area contributed by atoms with Gasteiger partial charge in [0.1, 0.15) is 11.5 Å². The van der Waals surface area contributed by atoms with Gasteiger partial charge in [-0.3, -0.25) is 4.99 Å². The maximum Gasteiger partial charge on any atom is 0.150 e. The van der Waals surface area contributed by atoms with E-state index in [0.29, 0.717) is 11.5 Å². The first-order chi connectivity index (χ1) is 12.4. The molecular weight excluding hydrogens is 326 g/mol. The van der Waals surface area contributed by atoms with Crippen molar-refractivity contribution in [3.05, 3.63) is 47.1 Å². The molecule has 0 amide bonds. The first-order valence-electron chi connectivity index (χ1n) is 8.79. The second kappa shape index (κ2) is 8.50. The van der Waals surface area contributed by atoms with Gasteiger partial charge in [-0.25, -0.2) is 9.78 Å². The molecule has 26 heavy (non-hydrogen) atoms. The second-order valence-corrected chi connectivity index (χ2v) is 6.41. The number of aliphatic imine (C=N–C) groups is 1. The summed E-state index contributed by atoms with van der Waals surface area (Å²) in [5.41, 5.74) is 9.31. The fourth-order valence-corrected chi connectivity index (χ4v) is 3.01. The molecule has 0 bridgehead atoms. The van der Waals surface area contributed by atoms with Crippen molar-refractivity contribution >= 4 is 23.5 Å². The summed E-state index contributed by atoms with van der Waals surface area (Å²) in [4.78, 5) is 21.8. The van der Waals surface area contributed by atoms with Crippen molar-refractivity contribution < 1.29 is 4.79 Å². The molecule has 0 spiro atoms. The third-order valence-corrected chi connectivity index (χ3v) is 4.64. The number of nitrogens with zero attached hydrogens (tertiary/aromatic N) is 3. The summed E-state index contributed by atoms with van der Waals surface area (Å²) in [5.74, 6) is 3.48. The van der Waals surface area contributed by atoms with Crippen molar-refractivity contribution in [1.82, 2.24) is 10.3 Å². The number of likely N-dealkylation sites (N-methyl/N-ethyl adjacent to an activating group) is 1. The van der Waals surface area contributed by atoms with Crippen LogP contribution in [0.3, 0.4) is 0 Å². The van der Waals surface area contributed by atoms with Crippen LogP contribution in [0.4, 0.5) is 5.82 Å². The Kier molecular flexibility index (Phi) is 6.36. The molecule has 0 saturated carbocycles. The molecule has 2 atom stereocenters. The zero-order valence-corrected chi connectivity index (χ0v) is 16.1. The lowest BCUT2D eigenvalue weighted by Gasteiger charge is -2.26. The molecular formula is C20H27N5O. The zero-order chi connectivity index (χ0) is 19.3. The van der Waals surface area contributed by atoms with E-state index in [1.165, 1.54) is 0 Å². The summed E-state index contributed by atoms with van der Waals surface area (Å²) < 4.78 is 0. The average molecular weight is 353 g/mol. The van der Waals surface area contributed by atoms with Crippen molar-refractivity contribution in [2.75, 3.05) is 19.0 Å². The highest BCUT2D eigenvalue weighted by Gasteiger charge is 2.22. The lowest BCUT2D eigenvalue weighted by molar-refractivity contribution is 0.520. The molecule has 0 aromatic carbocycles. The molecule has 1 aromatic heterocycles. The van der Waals surface area contributed by atoms with Crippen LogP contribution in [0, 0.1) is 5.92 Å². The molecule has 2 unspecified atom stereocenters. The number of nitrogens with two attached hydrogens (primary N) is 1. The topological polar surface area (TPSA) is 83.6 Å². The van der Waals surface area contributed by atoms with Crippen LogP contribution in [0.15, 0.2) is 40.9 Å². The third kappa shape index (κ3) is 4.03. The van der Waals surface area contributed by atoms with E-state index in [1.54, 1.807) is 24.2 Å².